The maximum Gasteiger partial charge on any atom is 0.223 e. The molecule has 0 spiro atoms. The fraction of sp³-hybridized carbons (Fsp3) is 0.556. The van der Waals surface area contributed by atoms with Gasteiger partial charge in [-0.1, -0.05) is 24.3 Å². The molecule has 2 amide bonds. The lowest BCUT2D eigenvalue weighted by atomic mass is 9.99. The summed E-state index contributed by atoms with van der Waals surface area (Å²) in [7, 11) is 1.54. The Morgan fingerprint density at radius 2 is 2.00 bits per heavy atom. The first-order valence-electron chi connectivity index (χ1n) is 8.32. The Kier molecular flexibility index (Phi) is 6.92. The van der Waals surface area contributed by atoms with E-state index in [2.05, 4.69) is 5.32 Å². The van der Waals surface area contributed by atoms with Crippen molar-refractivity contribution in [3.05, 3.63) is 35.4 Å². The molecule has 7 heteroatoms. The van der Waals surface area contributed by atoms with Crippen molar-refractivity contribution in [2.75, 3.05) is 33.4 Å². The van der Waals surface area contributed by atoms with Gasteiger partial charge in [0.05, 0.1) is 32.8 Å². The van der Waals surface area contributed by atoms with Crippen LogP contribution in [-0.4, -0.2) is 60.8 Å². The van der Waals surface area contributed by atoms with Crippen molar-refractivity contribution in [2.45, 2.75) is 32.1 Å². The maximum atomic E-state index is 12.4. The Morgan fingerprint density at radius 1 is 1.32 bits per heavy atom. The largest absolute Gasteiger partial charge is 0.392 e. The zero-order valence-electron chi connectivity index (χ0n) is 14.8. The minimum absolute atomic E-state index is 0.00432. The van der Waals surface area contributed by atoms with E-state index in [1.54, 1.807) is 4.90 Å². The predicted octanol–water partition coefficient (Wildman–Crippen LogP) is 0.449. The van der Waals surface area contributed by atoms with Crippen molar-refractivity contribution in [1.82, 2.24) is 10.2 Å². The first-order chi connectivity index (χ1) is 12.0. The molecule has 1 fully saturated rings. The number of rotatable bonds is 6. The molecule has 1 atom stereocenters. The molecule has 0 saturated carbocycles. The van der Waals surface area contributed by atoms with Crippen LogP contribution in [-0.2, 0) is 32.2 Å². The van der Waals surface area contributed by atoms with Crippen LogP contribution < -0.4 is 5.32 Å². The summed E-state index contributed by atoms with van der Waals surface area (Å²) in [5.41, 5.74) is 0.931. The topological polar surface area (TPSA) is 88.1 Å². The molecule has 138 valence electrons. The van der Waals surface area contributed by atoms with Crippen LogP contribution in [0.5, 0.6) is 0 Å². The van der Waals surface area contributed by atoms with Crippen LogP contribution in [0.2, 0.25) is 0 Å². The van der Waals surface area contributed by atoms with Crippen LogP contribution in [0.1, 0.15) is 24.5 Å². The number of nitrogens with zero attached hydrogens (tertiary/aromatic N) is 1. The first-order valence-corrected chi connectivity index (χ1v) is 8.32. The normalized spacial score (nSPS) is 20.8. The van der Waals surface area contributed by atoms with E-state index in [-0.39, 0.29) is 31.4 Å². The number of carbonyl (C=O) groups is 2. The molecule has 0 aliphatic carbocycles. The Labute approximate surface area is 147 Å². The second kappa shape index (κ2) is 8.94. The number of nitrogens with one attached hydrogen (secondary N) is 1. The standard InChI is InChI=1S/C18H26N2O5/c1-14(22)20-7-8-25-13-18(12-20,24-2)9-17(23)19-10-15-3-5-16(11-21)6-4-15/h3-6,21H,7-13H2,1-2H3,(H,19,23)/t18-/m1/s1. The molecule has 1 heterocycles. The molecule has 1 aliphatic heterocycles. The fourth-order valence-electron chi connectivity index (χ4n) is 2.80. The highest BCUT2D eigenvalue weighted by Crippen LogP contribution is 2.21. The molecule has 0 unspecified atom stereocenters. The molecule has 1 saturated heterocycles. The second-order valence-electron chi connectivity index (χ2n) is 6.31. The van der Waals surface area contributed by atoms with E-state index in [4.69, 9.17) is 14.6 Å². The van der Waals surface area contributed by atoms with Gasteiger partial charge in [-0.25, -0.2) is 0 Å². The minimum atomic E-state index is -0.840. The van der Waals surface area contributed by atoms with Gasteiger partial charge in [0.25, 0.3) is 0 Å². The summed E-state index contributed by atoms with van der Waals surface area (Å²) in [5.74, 6) is -0.224. The Hall–Kier alpha value is -1.96. The van der Waals surface area contributed by atoms with Gasteiger partial charge in [-0.3, -0.25) is 9.59 Å². The van der Waals surface area contributed by atoms with E-state index in [1.807, 2.05) is 24.3 Å². The van der Waals surface area contributed by atoms with E-state index >= 15 is 0 Å². The van der Waals surface area contributed by atoms with E-state index in [0.717, 1.165) is 11.1 Å². The first kappa shape index (κ1) is 19.4. The van der Waals surface area contributed by atoms with Gasteiger partial charge in [-0.15, -0.1) is 0 Å². The van der Waals surface area contributed by atoms with Gasteiger partial charge in [-0.2, -0.15) is 0 Å². The number of ether oxygens (including phenoxy) is 2. The number of hydrogen-bond donors (Lipinski definition) is 2. The Balaban J connectivity index is 1.94. The summed E-state index contributed by atoms with van der Waals surface area (Å²) in [6.07, 6.45) is 0.113. The van der Waals surface area contributed by atoms with Crippen molar-refractivity contribution < 1.29 is 24.2 Å². The highest BCUT2D eigenvalue weighted by Gasteiger charge is 2.38. The van der Waals surface area contributed by atoms with Crippen LogP contribution in [0.3, 0.4) is 0 Å². The van der Waals surface area contributed by atoms with Crippen LogP contribution in [0, 0.1) is 0 Å². The molecule has 7 nitrogen and oxygen atoms in total. The summed E-state index contributed by atoms with van der Waals surface area (Å²) < 4.78 is 11.1. The SMILES string of the molecule is CO[C@@]1(CC(=O)NCc2ccc(CO)cc2)COCCN(C(C)=O)C1. The number of carbonyl (C=O) groups excluding carboxylic acids is 2. The van der Waals surface area contributed by atoms with Gasteiger partial charge in [0, 0.05) is 27.1 Å². The summed E-state index contributed by atoms with van der Waals surface area (Å²) in [6, 6.07) is 7.37. The molecule has 1 aromatic carbocycles. The molecule has 1 aliphatic rings. The van der Waals surface area contributed by atoms with Crippen LogP contribution in [0.4, 0.5) is 0 Å². The Bertz CT molecular complexity index is 590. The predicted molar refractivity (Wildman–Crippen MR) is 91.6 cm³/mol. The molecular weight excluding hydrogens is 324 g/mol. The molecular formula is C18H26N2O5. The third-order valence-corrected chi connectivity index (χ3v) is 4.41. The second-order valence-corrected chi connectivity index (χ2v) is 6.31. The number of aliphatic hydroxyl groups excluding tert-OH is 1. The zero-order chi connectivity index (χ0) is 18.3. The number of amides is 2. The zero-order valence-corrected chi connectivity index (χ0v) is 14.8. The minimum Gasteiger partial charge on any atom is -0.392 e. The fourth-order valence-corrected chi connectivity index (χ4v) is 2.80. The molecule has 2 N–H and O–H groups in total. The Morgan fingerprint density at radius 3 is 2.60 bits per heavy atom. The van der Waals surface area contributed by atoms with E-state index in [9.17, 15) is 9.59 Å². The van der Waals surface area contributed by atoms with Crippen molar-refractivity contribution in [3.63, 3.8) is 0 Å². The molecule has 0 bridgehead atoms. The monoisotopic (exact) mass is 350 g/mol. The molecule has 1 aromatic rings. The van der Waals surface area contributed by atoms with Crippen molar-refractivity contribution in [2.24, 2.45) is 0 Å². The van der Waals surface area contributed by atoms with Gasteiger partial charge >= 0.3 is 0 Å². The number of methoxy groups -OCH3 is 1. The van der Waals surface area contributed by atoms with E-state index < -0.39 is 5.60 Å². The van der Waals surface area contributed by atoms with Gasteiger partial charge in [0.15, 0.2) is 0 Å². The van der Waals surface area contributed by atoms with Gasteiger partial charge in [0.1, 0.15) is 5.60 Å². The van der Waals surface area contributed by atoms with Crippen LogP contribution in [0.25, 0.3) is 0 Å². The average Bonchev–Trinajstić information content (AvgIpc) is 2.84. The van der Waals surface area contributed by atoms with Crippen LogP contribution >= 0.6 is 0 Å². The summed E-state index contributed by atoms with van der Waals surface area (Å²) in [4.78, 5) is 25.7. The number of hydrogen-bond acceptors (Lipinski definition) is 5. The lowest BCUT2D eigenvalue weighted by molar-refractivity contribution is -0.139. The van der Waals surface area contributed by atoms with Crippen LogP contribution in [0.15, 0.2) is 24.3 Å². The van der Waals surface area contributed by atoms with Gasteiger partial charge in [0.2, 0.25) is 11.8 Å². The van der Waals surface area contributed by atoms with Crippen molar-refractivity contribution >= 4 is 11.8 Å². The quantitative estimate of drug-likeness (QED) is 0.778. The lowest BCUT2D eigenvalue weighted by Gasteiger charge is -2.33. The lowest BCUT2D eigenvalue weighted by Crippen LogP contribution is -2.50. The highest BCUT2D eigenvalue weighted by molar-refractivity contribution is 5.77. The summed E-state index contributed by atoms with van der Waals surface area (Å²) in [5, 5.41) is 11.9. The molecule has 0 radical (unpaired) electrons. The van der Waals surface area contributed by atoms with Crippen molar-refractivity contribution in [1.29, 1.82) is 0 Å². The summed E-state index contributed by atoms with van der Waals surface area (Å²) in [6.45, 7) is 3.42. The summed E-state index contributed by atoms with van der Waals surface area (Å²) >= 11 is 0. The van der Waals surface area contributed by atoms with Gasteiger partial charge in [-0.05, 0) is 11.1 Å². The molecule has 0 aromatic heterocycles. The van der Waals surface area contributed by atoms with Gasteiger partial charge < -0.3 is 24.8 Å². The average molecular weight is 350 g/mol. The van der Waals surface area contributed by atoms with E-state index in [0.29, 0.717) is 26.2 Å². The molecule has 25 heavy (non-hydrogen) atoms. The number of benzene rings is 1. The molecule has 2 rings (SSSR count). The highest BCUT2D eigenvalue weighted by atomic mass is 16.5. The number of aliphatic hydroxyl groups is 1. The maximum absolute atomic E-state index is 12.4. The third-order valence-electron chi connectivity index (χ3n) is 4.41. The van der Waals surface area contributed by atoms with E-state index in [1.165, 1.54) is 14.0 Å². The smallest absolute Gasteiger partial charge is 0.223 e. The third kappa shape index (κ3) is 5.52. The van der Waals surface area contributed by atoms with Crippen molar-refractivity contribution in [3.8, 4) is 0 Å².